The number of hydrogen-bond acceptors (Lipinski definition) is 14. The van der Waals surface area contributed by atoms with E-state index < -0.39 is 58.9 Å². The smallest absolute Gasteiger partial charge is 0.429 e. The molecule has 6 aromatic carbocycles. The van der Waals surface area contributed by atoms with Gasteiger partial charge in [-0.3, -0.25) is 32.4 Å². The minimum atomic E-state index is -4.57. The number of nitrogens with zero attached hydrogens (tertiary/aromatic N) is 11. The van der Waals surface area contributed by atoms with Crippen LogP contribution < -0.4 is 5.10 Å². The van der Waals surface area contributed by atoms with Gasteiger partial charge in [-0.25, -0.2) is 19.6 Å². The maximum atomic E-state index is 13.2. The Morgan fingerprint density at radius 2 is 0.797 bits per heavy atom. The molecule has 617 valence electrons. The van der Waals surface area contributed by atoms with Crippen molar-refractivity contribution in [1.82, 2.24) is 55.1 Å². The second kappa shape index (κ2) is 53.8. The van der Waals surface area contributed by atoms with Crippen LogP contribution in [-0.4, -0.2) is 83.0 Å². The zero-order valence-corrected chi connectivity index (χ0v) is 73.2. The van der Waals surface area contributed by atoms with Crippen LogP contribution in [0.2, 0.25) is 0 Å². The van der Waals surface area contributed by atoms with Crippen molar-refractivity contribution in [3.63, 3.8) is 0 Å². The molecule has 0 saturated carbocycles. The molecule has 9 heterocycles. The summed E-state index contributed by atoms with van der Waals surface area (Å²) in [6, 6.07) is 81.8. The second-order valence-corrected chi connectivity index (χ2v) is 22.5. The van der Waals surface area contributed by atoms with Crippen molar-refractivity contribution < 1.29 is 174 Å². The number of carbonyl (C=O) groups excluding carboxylic acids is 1. The number of alkyl halides is 6. The van der Waals surface area contributed by atoms with E-state index in [4.69, 9.17) is 15.3 Å². The number of allylic oxidation sites excluding steroid dienone is 2. The molecule has 0 bridgehead atoms. The van der Waals surface area contributed by atoms with Gasteiger partial charge in [0.25, 0.3) is 0 Å². The van der Waals surface area contributed by atoms with Crippen LogP contribution in [0.15, 0.2) is 304 Å². The number of carboxylic acid groups (broad SMARTS) is 2. The van der Waals surface area contributed by atoms with Crippen LogP contribution >= 0.6 is 0 Å². The van der Waals surface area contributed by atoms with E-state index in [0.717, 1.165) is 52.8 Å². The number of ketones is 1. The van der Waals surface area contributed by atoms with Crippen LogP contribution in [-0.2, 0) is 118 Å². The maximum Gasteiger partial charge on any atom is 0.429 e. The summed E-state index contributed by atoms with van der Waals surface area (Å²) in [5.74, 6) is -5.98. The number of rotatable bonds is 9. The number of halogens is 10. The first-order valence-corrected chi connectivity index (χ1v) is 33.0. The van der Waals surface area contributed by atoms with E-state index in [1.807, 2.05) is 85.1 Å². The number of benzene rings is 6. The normalized spacial score (nSPS) is 9.99. The molecule has 0 unspecified atom stereocenters. The quantitative estimate of drug-likeness (QED) is 0.0525. The predicted molar refractivity (Wildman–Crippen MR) is 403 cm³/mol. The number of hydrogen-bond donors (Lipinski definition) is 3. The van der Waals surface area contributed by atoms with Gasteiger partial charge in [0.1, 0.15) is 17.2 Å². The van der Waals surface area contributed by atoms with Crippen LogP contribution in [0.3, 0.4) is 0 Å². The Morgan fingerprint density at radius 1 is 0.407 bits per heavy atom. The molecule has 0 aliphatic carbocycles. The van der Waals surface area contributed by atoms with Crippen LogP contribution in [0.1, 0.15) is 51.8 Å². The van der Waals surface area contributed by atoms with Gasteiger partial charge in [0, 0.05) is 179 Å². The van der Waals surface area contributed by atoms with Gasteiger partial charge in [0.15, 0.2) is 5.78 Å². The summed E-state index contributed by atoms with van der Waals surface area (Å²) >= 11 is 0. The standard InChI is InChI=1S/C15H10N.C13H9F3N.2C11H6F2N.C11H8N.C8H4F3N4.2C6H5NO2.C5H8O2.5Ir/c1-2-6-12(7-3-1)15-10-13-8-4-5-9-14(13)11-16-15;1-9-6-10(12-4-2-3-5-17-12)8-11(7-9)13(14,15)16;2*12-8-4-5-9(10(13)7-8)11-3-1-2-6-14-11;1-2-6-10(7-3-1)11-8-4-5-9-12-11;9-8(10,11)7-13-6(14-15-7)5-3-1-2-4-12-5;2*8-6(9)5-3-1-2-4-7-5;1-4(6)3-5(2)7;;;;;/h1-6,8-11H;2-7H,1H3;2*1-4,6-7H;1-6,8-9H;1-4H;2*1-4H,(H,8,9);3,6H,1-2H3;;;;;/q6*-1;;;;;;;;. The second-order valence-electron chi connectivity index (χ2n) is 22.5. The molecule has 15 rings (SSSR count). The summed E-state index contributed by atoms with van der Waals surface area (Å²) in [5.41, 5.74) is 6.34. The average molecular weight is 2500 g/mol. The first-order chi connectivity index (χ1) is 54.2. The predicted octanol–water partition coefficient (Wildman–Crippen LogP) is 19.9. The number of aliphatic hydroxyl groups is 1. The molecule has 17 nitrogen and oxygen atoms in total. The van der Waals surface area contributed by atoms with Crippen LogP contribution in [0.4, 0.5) is 43.9 Å². The first-order valence-electron chi connectivity index (χ1n) is 33.0. The SMILES string of the molecule is CC(=O)C=C(C)O.Cc1cc(-c2ccccn2)[c-]c(C(F)(F)F)c1.FC(F)(F)c1n[n-]c(-c2ccccn2)n1.Fc1c[c-]c(-c2ccccn2)c(F)c1.Fc1c[c-]c(-c2ccccn2)c(F)c1.O=C(O)c1ccccn1.O=C(O)c1ccccn1.[Ir].[Ir].[Ir].[Ir].[Ir].[c-]1ccccc1-c1cc2ccccc2cn1.[c-]1ccccc1-c1ccccn1. The Morgan fingerprint density at radius 3 is 1.14 bits per heavy atom. The monoisotopic (exact) mass is 2500 g/mol. The summed E-state index contributed by atoms with van der Waals surface area (Å²) in [7, 11) is 0. The molecule has 0 saturated heterocycles. The molecule has 0 spiro atoms. The van der Waals surface area contributed by atoms with Crippen molar-refractivity contribution >= 4 is 28.5 Å². The van der Waals surface area contributed by atoms with E-state index in [2.05, 4.69) is 104 Å². The van der Waals surface area contributed by atoms with E-state index >= 15 is 0 Å². The molecule has 0 atom stereocenters. The Labute approximate surface area is 738 Å². The molecule has 118 heavy (non-hydrogen) atoms. The molecule has 3 N–H and O–H groups in total. The number of carboxylic acids is 2. The summed E-state index contributed by atoms with van der Waals surface area (Å²) in [6.45, 7) is 4.47. The zero-order chi connectivity index (χ0) is 81.6. The first kappa shape index (κ1) is 103. The number of fused-ring (bicyclic) bond motifs is 1. The van der Waals surface area contributed by atoms with Crippen molar-refractivity contribution in [2.45, 2.75) is 33.1 Å². The number of aryl methyl sites for hydroxylation is 1. The van der Waals surface area contributed by atoms with Gasteiger partial charge in [-0.2, -0.15) is 26.3 Å². The van der Waals surface area contributed by atoms with E-state index in [-0.39, 0.29) is 146 Å². The van der Waals surface area contributed by atoms with Gasteiger partial charge >= 0.3 is 24.3 Å². The van der Waals surface area contributed by atoms with Gasteiger partial charge < -0.3 is 50.3 Å². The molecule has 9 aromatic heterocycles. The summed E-state index contributed by atoms with van der Waals surface area (Å²) in [5, 5.41) is 33.6. The van der Waals surface area contributed by atoms with Gasteiger partial charge in [-0.15, -0.1) is 125 Å². The number of pyridine rings is 8. The summed E-state index contributed by atoms with van der Waals surface area (Å²) in [6.07, 6.45) is 4.89. The minimum Gasteiger partial charge on any atom is -0.512 e. The molecule has 15 aromatic rings. The van der Waals surface area contributed by atoms with Gasteiger partial charge in [-0.05, 0) is 125 Å². The van der Waals surface area contributed by atoms with Gasteiger partial charge in [0.05, 0.1) is 11.5 Å². The van der Waals surface area contributed by atoms with Crippen molar-refractivity contribution in [1.29, 1.82) is 0 Å². The number of aromatic nitrogens is 11. The number of aliphatic hydroxyl groups excluding tert-OH is 1. The molecular weight excluding hydrogens is 2430 g/mol. The molecule has 0 aliphatic heterocycles. The topological polar surface area (TPSA) is 255 Å². The van der Waals surface area contributed by atoms with Crippen molar-refractivity contribution in [3.8, 4) is 67.8 Å². The number of aromatic carboxylic acids is 2. The van der Waals surface area contributed by atoms with Crippen LogP contribution in [0.5, 0.6) is 0 Å². The van der Waals surface area contributed by atoms with E-state index in [1.165, 1.54) is 67.5 Å². The fourth-order valence-electron chi connectivity index (χ4n) is 8.93. The molecule has 0 fully saturated rings. The van der Waals surface area contributed by atoms with Gasteiger partial charge in [0.2, 0.25) is 0 Å². The van der Waals surface area contributed by atoms with Crippen LogP contribution in [0, 0.1) is 60.5 Å². The Balaban J connectivity index is 0.000000452. The molecule has 0 aliphatic rings. The van der Waals surface area contributed by atoms with Crippen molar-refractivity contribution in [2.75, 3.05) is 0 Å². The third kappa shape index (κ3) is 36.4. The summed E-state index contributed by atoms with van der Waals surface area (Å²) < 4.78 is 126. The molecule has 0 amide bonds. The Kier molecular flexibility index (Phi) is 46.8. The van der Waals surface area contributed by atoms with E-state index in [9.17, 15) is 58.3 Å². The Bertz CT molecular complexity index is 5280. The largest absolute Gasteiger partial charge is 0.512 e. The molecule has 32 heteroatoms. The van der Waals surface area contributed by atoms with Crippen molar-refractivity contribution in [3.05, 3.63) is 386 Å². The number of carbonyl (C=O) groups is 3. The average Bonchev–Trinajstić information content (AvgIpc) is 0.844. The third-order valence-electron chi connectivity index (χ3n) is 13.9. The Hall–Kier alpha value is -11.4. The van der Waals surface area contributed by atoms with Crippen LogP contribution in [0.25, 0.3) is 78.6 Å². The zero-order valence-electron chi connectivity index (χ0n) is 61.2. The fraction of sp³-hybridized carbons (Fsp3) is 0.0581. The van der Waals surface area contributed by atoms with E-state index in [1.54, 1.807) is 129 Å². The van der Waals surface area contributed by atoms with E-state index in [0.29, 0.717) is 28.2 Å². The maximum absolute atomic E-state index is 13.2. The minimum absolute atomic E-state index is 0. The third-order valence-corrected chi connectivity index (χ3v) is 13.9. The fourth-order valence-corrected chi connectivity index (χ4v) is 8.93. The molecular formula is C86H61F10Ir5N11O6-6. The summed E-state index contributed by atoms with van der Waals surface area (Å²) in [4.78, 5) is 65.1. The molecule has 5 radical (unpaired) electrons. The van der Waals surface area contributed by atoms with Crippen molar-refractivity contribution in [2.24, 2.45) is 0 Å². The van der Waals surface area contributed by atoms with Gasteiger partial charge in [-0.1, -0.05) is 127 Å².